The third kappa shape index (κ3) is 4.24. The van der Waals surface area contributed by atoms with Crippen molar-refractivity contribution in [1.29, 1.82) is 0 Å². The highest BCUT2D eigenvalue weighted by Crippen LogP contribution is 2.41. The monoisotopic (exact) mass is 440 g/mol. The number of carboxylic acids is 1. The molecule has 0 radical (unpaired) electrons. The molecule has 1 amide bonds. The van der Waals surface area contributed by atoms with E-state index in [1.54, 1.807) is 13.0 Å². The number of ether oxygens (including phenoxy) is 2. The van der Waals surface area contributed by atoms with Crippen molar-refractivity contribution in [2.75, 3.05) is 19.0 Å². The molecule has 7 nitrogen and oxygen atoms in total. The Morgan fingerprint density at radius 2 is 2.09 bits per heavy atom. The van der Waals surface area contributed by atoms with Crippen molar-refractivity contribution in [3.63, 3.8) is 0 Å². The summed E-state index contributed by atoms with van der Waals surface area (Å²) in [6.07, 6.45) is 1.08. The Kier molecular flexibility index (Phi) is 6.25. The van der Waals surface area contributed by atoms with E-state index in [-0.39, 0.29) is 5.91 Å². The standard InChI is InChI=1S/C24H25FN2O5/c1-13(31-2)21(24(29)30)26-9-3-4-14-5-7-17-15(10-14)12-32-22(17)20-18-11-16(25)6-8-19(18)27-23(20)28/h5-8,10-11,13,21,26H,3-4,9,12H2,1-2H3,(H,27,28)(H,29,30)/b22-20+/t13-,21+/m1/s1. The van der Waals surface area contributed by atoms with Gasteiger partial charge in [0.15, 0.2) is 0 Å². The van der Waals surface area contributed by atoms with E-state index in [2.05, 4.69) is 10.6 Å². The number of methoxy groups -OCH3 is 1. The molecule has 3 N–H and O–H groups in total. The lowest BCUT2D eigenvalue weighted by Crippen LogP contribution is -2.46. The minimum Gasteiger partial charge on any atom is -0.487 e. The molecule has 2 aliphatic heterocycles. The summed E-state index contributed by atoms with van der Waals surface area (Å²) in [4.78, 5) is 23.9. The topological polar surface area (TPSA) is 96.9 Å². The Labute approximate surface area is 185 Å². The number of carbonyl (C=O) groups excluding carboxylic acids is 1. The lowest BCUT2D eigenvalue weighted by atomic mass is 9.98. The summed E-state index contributed by atoms with van der Waals surface area (Å²) in [5, 5.41) is 15.1. The molecular formula is C24H25FN2O5. The maximum absolute atomic E-state index is 13.8. The summed E-state index contributed by atoms with van der Waals surface area (Å²) in [5.41, 5.74) is 4.31. The van der Waals surface area contributed by atoms with Crippen LogP contribution in [0.15, 0.2) is 36.4 Å². The van der Waals surface area contributed by atoms with Gasteiger partial charge in [0.2, 0.25) is 0 Å². The van der Waals surface area contributed by atoms with Crippen LogP contribution < -0.4 is 10.6 Å². The molecule has 32 heavy (non-hydrogen) atoms. The van der Waals surface area contributed by atoms with Crippen LogP contribution in [0.25, 0.3) is 11.3 Å². The minimum atomic E-state index is -0.938. The predicted octanol–water partition coefficient (Wildman–Crippen LogP) is 3.19. The number of carboxylic acid groups (broad SMARTS) is 1. The molecule has 8 heteroatoms. The summed E-state index contributed by atoms with van der Waals surface area (Å²) in [6.45, 7) is 2.59. The SMILES string of the molecule is CO[C@H](C)[C@H](NCCCc1ccc2c(c1)CO/C2=C1/C(=O)Nc2ccc(F)cc21)C(=O)O. The number of carbonyl (C=O) groups is 2. The summed E-state index contributed by atoms with van der Waals surface area (Å²) in [5.74, 6) is -1.19. The Balaban J connectivity index is 1.46. The fourth-order valence-corrected chi connectivity index (χ4v) is 4.08. The zero-order valence-corrected chi connectivity index (χ0v) is 17.9. The zero-order valence-electron chi connectivity index (χ0n) is 17.9. The van der Waals surface area contributed by atoms with Crippen LogP contribution in [0.2, 0.25) is 0 Å². The van der Waals surface area contributed by atoms with Gasteiger partial charge in [-0.1, -0.05) is 18.2 Å². The van der Waals surface area contributed by atoms with Gasteiger partial charge in [-0.25, -0.2) is 4.39 Å². The van der Waals surface area contributed by atoms with E-state index in [4.69, 9.17) is 9.47 Å². The van der Waals surface area contributed by atoms with Crippen molar-refractivity contribution < 1.29 is 28.6 Å². The number of halogens is 1. The maximum Gasteiger partial charge on any atom is 0.323 e. The summed E-state index contributed by atoms with van der Waals surface area (Å²) >= 11 is 0. The number of rotatable bonds is 8. The molecule has 4 rings (SSSR count). The number of amides is 1. The lowest BCUT2D eigenvalue weighted by Gasteiger charge is -2.20. The Morgan fingerprint density at radius 3 is 2.84 bits per heavy atom. The van der Waals surface area contributed by atoms with Crippen molar-refractivity contribution in [3.8, 4) is 0 Å². The van der Waals surface area contributed by atoms with Gasteiger partial charge < -0.3 is 25.2 Å². The number of aliphatic carboxylic acids is 1. The second-order valence-corrected chi connectivity index (χ2v) is 7.94. The molecule has 2 aromatic carbocycles. The van der Waals surface area contributed by atoms with Gasteiger partial charge in [0.25, 0.3) is 5.91 Å². The van der Waals surface area contributed by atoms with E-state index >= 15 is 0 Å². The van der Waals surface area contributed by atoms with Crippen LogP contribution in [-0.4, -0.2) is 42.8 Å². The van der Waals surface area contributed by atoms with Crippen LogP contribution >= 0.6 is 0 Å². The highest BCUT2D eigenvalue weighted by Gasteiger charge is 2.32. The lowest BCUT2D eigenvalue weighted by molar-refractivity contribution is -0.142. The van der Waals surface area contributed by atoms with E-state index in [9.17, 15) is 19.1 Å². The molecule has 0 fully saturated rings. The van der Waals surface area contributed by atoms with Crippen molar-refractivity contribution in [3.05, 3.63) is 64.5 Å². The van der Waals surface area contributed by atoms with Crippen LogP contribution in [0.4, 0.5) is 10.1 Å². The molecule has 0 unspecified atom stereocenters. The molecule has 0 aliphatic carbocycles. The predicted molar refractivity (Wildman–Crippen MR) is 117 cm³/mol. The van der Waals surface area contributed by atoms with Gasteiger partial charge in [0.05, 0.1) is 11.7 Å². The van der Waals surface area contributed by atoms with Crippen LogP contribution in [0.1, 0.15) is 35.6 Å². The third-order valence-electron chi connectivity index (χ3n) is 5.85. The van der Waals surface area contributed by atoms with Crippen LogP contribution in [0, 0.1) is 5.82 Å². The number of nitrogens with one attached hydrogen (secondary N) is 2. The molecule has 0 bridgehead atoms. The summed E-state index contributed by atoms with van der Waals surface area (Å²) < 4.78 is 24.7. The largest absolute Gasteiger partial charge is 0.487 e. The van der Waals surface area contributed by atoms with E-state index in [1.165, 1.54) is 19.2 Å². The third-order valence-corrected chi connectivity index (χ3v) is 5.85. The Morgan fingerprint density at radius 1 is 1.28 bits per heavy atom. The number of hydrogen-bond donors (Lipinski definition) is 3. The molecule has 0 saturated carbocycles. The number of fused-ring (bicyclic) bond motifs is 2. The minimum absolute atomic E-state index is 0.304. The number of hydrogen-bond acceptors (Lipinski definition) is 5. The van der Waals surface area contributed by atoms with Gasteiger partial charge in [-0.2, -0.15) is 0 Å². The highest BCUT2D eigenvalue weighted by molar-refractivity contribution is 6.36. The van der Waals surface area contributed by atoms with E-state index < -0.39 is 23.9 Å². The highest BCUT2D eigenvalue weighted by atomic mass is 19.1. The Hall–Kier alpha value is -3.23. The zero-order chi connectivity index (χ0) is 22.8. The molecule has 2 aliphatic rings. The average Bonchev–Trinajstić information content (AvgIpc) is 3.31. The van der Waals surface area contributed by atoms with Crippen molar-refractivity contribution in [2.45, 2.75) is 38.5 Å². The molecule has 2 atom stereocenters. The number of benzene rings is 2. The van der Waals surface area contributed by atoms with Crippen molar-refractivity contribution in [1.82, 2.24) is 5.32 Å². The molecule has 0 aromatic heterocycles. The van der Waals surface area contributed by atoms with E-state index in [1.807, 2.05) is 18.2 Å². The van der Waals surface area contributed by atoms with E-state index in [0.29, 0.717) is 35.7 Å². The van der Waals surface area contributed by atoms with Crippen molar-refractivity contribution in [2.24, 2.45) is 0 Å². The fraction of sp³-hybridized carbons (Fsp3) is 0.333. The maximum atomic E-state index is 13.8. The quantitative estimate of drug-likeness (QED) is 0.431. The first-order valence-electron chi connectivity index (χ1n) is 10.5. The first kappa shape index (κ1) is 22.0. The van der Waals surface area contributed by atoms with Gasteiger partial charge in [-0.15, -0.1) is 0 Å². The van der Waals surface area contributed by atoms with Crippen molar-refractivity contribution >= 4 is 28.9 Å². The molecule has 0 saturated heterocycles. The molecule has 2 aromatic rings. The Bertz CT molecular complexity index is 1100. The van der Waals surface area contributed by atoms with Crippen LogP contribution in [0.3, 0.4) is 0 Å². The second-order valence-electron chi connectivity index (χ2n) is 7.94. The fourth-order valence-electron chi connectivity index (χ4n) is 4.08. The second kappa shape index (κ2) is 9.10. The van der Waals surface area contributed by atoms with Crippen LogP contribution in [0.5, 0.6) is 0 Å². The normalized spacial score (nSPS) is 18.5. The molecule has 0 spiro atoms. The first-order valence-corrected chi connectivity index (χ1v) is 10.5. The molecule has 168 valence electrons. The average molecular weight is 440 g/mol. The van der Waals surface area contributed by atoms with Gasteiger partial charge in [0.1, 0.15) is 24.2 Å². The number of anilines is 1. The summed E-state index contributed by atoms with van der Waals surface area (Å²) in [7, 11) is 1.49. The summed E-state index contributed by atoms with van der Waals surface area (Å²) in [6, 6.07) is 9.37. The first-order chi connectivity index (χ1) is 15.4. The van der Waals surface area contributed by atoms with Crippen LogP contribution in [-0.2, 0) is 32.1 Å². The molecular weight excluding hydrogens is 415 g/mol. The van der Waals surface area contributed by atoms with E-state index in [0.717, 1.165) is 29.5 Å². The van der Waals surface area contributed by atoms with Gasteiger partial charge in [0, 0.05) is 29.5 Å². The van der Waals surface area contributed by atoms with Gasteiger partial charge >= 0.3 is 5.97 Å². The smallest absolute Gasteiger partial charge is 0.323 e. The number of aryl methyl sites for hydroxylation is 1. The molecule has 2 heterocycles. The van der Waals surface area contributed by atoms with Gasteiger partial charge in [-0.05, 0) is 50.1 Å². The van der Waals surface area contributed by atoms with Gasteiger partial charge in [-0.3, -0.25) is 9.59 Å².